The number of alkyl halides is 3. The van der Waals surface area contributed by atoms with Crippen molar-refractivity contribution in [3.63, 3.8) is 0 Å². The zero-order valence-electron chi connectivity index (χ0n) is 13.5. The molecule has 0 unspecified atom stereocenters. The summed E-state index contributed by atoms with van der Waals surface area (Å²) in [6.07, 6.45) is -4.69. The van der Waals surface area contributed by atoms with E-state index in [1.165, 1.54) is 37.4 Å². The van der Waals surface area contributed by atoms with E-state index in [1.807, 2.05) is 0 Å². The number of hydrogen-bond donors (Lipinski definition) is 0. The van der Waals surface area contributed by atoms with Crippen LogP contribution in [0.25, 0.3) is 10.8 Å². The predicted octanol–water partition coefficient (Wildman–Crippen LogP) is 4.03. The lowest BCUT2D eigenvalue weighted by Gasteiger charge is -2.09. The molecule has 134 valence electrons. The van der Waals surface area contributed by atoms with Crippen LogP contribution in [0.3, 0.4) is 0 Å². The number of aromatic nitrogens is 2. The van der Waals surface area contributed by atoms with Crippen LogP contribution < -0.4 is 5.56 Å². The van der Waals surface area contributed by atoms with Gasteiger partial charge in [-0.2, -0.15) is 18.3 Å². The van der Waals surface area contributed by atoms with Gasteiger partial charge in [0.2, 0.25) is 0 Å². The lowest BCUT2D eigenvalue weighted by molar-refractivity contribution is -0.137. The van der Waals surface area contributed by atoms with Gasteiger partial charge >= 0.3 is 6.18 Å². The highest BCUT2D eigenvalue weighted by molar-refractivity contribution is 6.34. The van der Waals surface area contributed by atoms with Crippen molar-refractivity contribution in [3.8, 4) is 0 Å². The van der Waals surface area contributed by atoms with E-state index in [9.17, 15) is 22.8 Å². The average Bonchev–Trinajstić information content (AvgIpc) is 2.59. The molecule has 0 radical (unpaired) electrons. The Morgan fingerprint density at radius 1 is 1.15 bits per heavy atom. The third-order valence-electron chi connectivity index (χ3n) is 3.94. The SMILES string of the molecule is Cn1nc(Cl)c2ccc(C(=O)Cc3cccc(C(F)(F)F)c3)cc2c1=O. The minimum absolute atomic E-state index is 0.124. The number of hydrogen-bond acceptors (Lipinski definition) is 3. The number of fused-ring (bicyclic) bond motifs is 1. The Balaban J connectivity index is 1.96. The van der Waals surface area contributed by atoms with Gasteiger partial charge in [0, 0.05) is 24.4 Å². The molecule has 8 heteroatoms. The molecule has 0 saturated carbocycles. The molecule has 0 aliphatic heterocycles. The first-order valence-corrected chi connectivity index (χ1v) is 7.90. The summed E-state index contributed by atoms with van der Waals surface area (Å²) in [5.74, 6) is -0.402. The van der Waals surface area contributed by atoms with Crippen molar-refractivity contribution in [2.45, 2.75) is 12.6 Å². The van der Waals surface area contributed by atoms with E-state index in [2.05, 4.69) is 5.10 Å². The molecule has 1 aromatic heterocycles. The Morgan fingerprint density at radius 2 is 1.88 bits per heavy atom. The summed E-state index contributed by atoms with van der Waals surface area (Å²) in [6, 6.07) is 8.97. The molecule has 3 aromatic rings. The van der Waals surface area contributed by atoms with E-state index in [-0.39, 0.29) is 28.1 Å². The Morgan fingerprint density at radius 3 is 2.58 bits per heavy atom. The normalized spacial score (nSPS) is 11.7. The molecule has 0 amide bonds. The lowest BCUT2D eigenvalue weighted by Crippen LogP contribution is -2.20. The number of ketones is 1. The smallest absolute Gasteiger partial charge is 0.294 e. The van der Waals surface area contributed by atoms with Crippen molar-refractivity contribution in [2.75, 3.05) is 0 Å². The first-order valence-electron chi connectivity index (χ1n) is 7.53. The molecule has 0 aliphatic carbocycles. The quantitative estimate of drug-likeness (QED) is 0.645. The first-order chi connectivity index (χ1) is 12.2. The van der Waals surface area contributed by atoms with Crippen LogP contribution >= 0.6 is 11.6 Å². The van der Waals surface area contributed by atoms with Crippen LogP contribution in [0.5, 0.6) is 0 Å². The van der Waals surface area contributed by atoms with E-state index in [4.69, 9.17) is 11.6 Å². The number of halogens is 4. The highest BCUT2D eigenvalue weighted by atomic mass is 35.5. The fraction of sp³-hybridized carbons (Fsp3) is 0.167. The maximum atomic E-state index is 12.8. The minimum atomic E-state index is -4.47. The molecule has 2 aromatic carbocycles. The predicted molar refractivity (Wildman–Crippen MR) is 91.5 cm³/mol. The number of nitrogens with zero attached hydrogens (tertiary/aromatic N) is 2. The molecule has 0 aliphatic rings. The summed E-state index contributed by atoms with van der Waals surface area (Å²) >= 11 is 5.99. The molecule has 0 N–H and O–H groups in total. The summed E-state index contributed by atoms with van der Waals surface area (Å²) in [5.41, 5.74) is -0.772. The third kappa shape index (κ3) is 3.48. The van der Waals surface area contributed by atoms with Gasteiger partial charge in [-0.05, 0) is 17.7 Å². The van der Waals surface area contributed by atoms with Crippen LogP contribution in [0, 0.1) is 0 Å². The van der Waals surface area contributed by atoms with Gasteiger partial charge in [-0.1, -0.05) is 41.9 Å². The number of carbonyl (C=O) groups is 1. The molecule has 0 fully saturated rings. The molecule has 4 nitrogen and oxygen atoms in total. The summed E-state index contributed by atoms with van der Waals surface area (Å²) in [5, 5.41) is 4.61. The average molecular weight is 381 g/mol. The molecule has 26 heavy (non-hydrogen) atoms. The van der Waals surface area contributed by atoms with Gasteiger partial charge in [-0.3, -0.25) is 9.59 Å². The lowest BCUT2D eigenvalue weighted by atomic mass is 9.99. The molecule has 0 spiro atoms. The van der Waals surface area contributed by atoms with E-state index < -0.39 is 23.1 Å². The van der Waals surface area contributed by atoms with Crippen molar-refractivity contribution in [1.29, 1.82) is 0 Å². The maximum Gasteiger partial charge on any atom is 0.416 e. The van der Waals surface area contributed by atoms with Gasteiger partial charge in [0.25, 0.3) is 5.56 Å². The van der Waals surface area contributed by atoms with E-state index in [1.54, 1.807) is 0 Å². The van der Waals surface area contributed by atoms with E-state index in [0.717, 1.165) is 16.8 Å². The fourth-order valence-corrected chi connectivity index (χ4v) is 2.90. The molecular weight excluding hydrogens is 369 g/mol. The largest absolute Gasteiger partial charge is 0.416 e. The molecule has 0 bridgehead atoms. The molecule has 3 rings (SSSR count). The highest BCUT2D eigenvalue weighted by Crippen LogP contribution is 2.30. The number of Topliss-reactive ketones (excluding diaryl/α,β-unsaturated/α-hetero) is 1. The van der Waals surface area contributed by atoms with Gasteiger partial charge in [-0.15, -0.1) is 0 Å². The zero-order valence-corrected chi connectivity index (χ0v) is 14.2. The van der Waals surface area contributed by atoms with Crippen LogP contribution in [-0.4, -0.2) is 15.6 Å². The van der Waals surface area contributed by atoms with E-state index in [0.29, 0.717) is 5.39 Å². The summed E-state index contributed by atoms with van der Waals surface area (Å²) in [6.45, 7) is 0. The van der Waals surface area contributed by atoms with Crippen molar-refractivity contribution in [3.05, 3.63) is 74.7 Å². The Kier molecular flexibility index (Phi) is 4.58. The highest BCUT2D eigenvalue weighted by Gasteiger charge is 2.30. The topological polar surface area (TPSA) is 52.0 Å². The number of carbonyl (C=O) groups excluding carboxylic acids is 1. The van der Waals surface area contributed by atoms with E-state index >= 15 is 0 Å². The maximum absolute atomic E-state index is 12.8. The van der Waals surface area contributed by atoms with Crippen molar-refractivity contribution < 1.29 is 18.0 Å². The second-order valence-corrected chi connectivity index (χ2v) is 6.14. The first kappa shape index (κ1) is 18.1. The van der Waals surface area contributed by atoms with Crippen molar-refractivity contribution >= 4 is 28.2 Å². The van der Waals surface area contributed by atoms with Crippen LogP contribution in [0.15, 0.2) is 47.3 Å². The summed E-state index contributed by atoms with van der Waals surface area (Å²) < 4.78 is 39.4. The minimum Gasteiger partial charge on any atom is -0.294 e. The molecule has 1 heterocycles. The van der Waals surface area contributed by atoms with Gasteiger partial charge in [0.05, 0.1) is 10.9 Å². The number of aryl methyl sites for hydroxylation is 1. The summed E-state index contributed by atoms with van der Waals surface area (Å²) in [4.78, 5) is 24.6. The molecule has 0 saturated heterocycles. The van der Waals surface area contributed by atoms with Gasteiger partial charge in [-0.25, -0.2) is 4.68 Å². The Bertz CT molecular complexity index is 1070. The van der Waals surface area contributed by atoms with Crippen LogP contribution in [0.1, 0.15) is 21.5 Å². The standard InChI is InChI=1S/C18H12ClF3N2O2/c1-24-17(26)14-9-11(5-6-13(14)16(19)23-24)15(25)8-10-3-2-4-12(7-10)18(20,21)22/h2-7,9H,8H2,1H3. The molecule has 0 atom stereocenters. The zero-order chi connectivity index (χ0) is 19.1. The van der Waals surface area contributed by atoms with Crippen LogP contribution in [-0.2, 0) is 19.6 Å². The van der Waals surface area contributed by atoms with Gasteiger partial charge in [0.1, 0.15) is 0 Å². The van der Waals surface area contributed by atoms with Crippen LogP contribution in [0.4, 0.5) is 13.2 Å². The van der Waals surface area contributed by atoms with Gasteiger partial charge in [0.15, 0.2) is 10.9 Å². The molecular formula is C18H12ClF3N2O2. The second kappa shape index (κ2) is 6.57. The monoisotopic (exact) mass is 380 g/mol. The second-order valence-electron chi connectivity index (χ2n) is 5.78. The Labute approximate surface area is 150 Å². The third-order valence-corrected chi connectivity index (χ3v) is 4.22. The fourth-order valence-electron chi connectivity index (χ4n) is 2.62. The van der Waals surface area contributed by atoms with Gasteiger partial charge < -0.3 is 0 Å². The Hall–Kier alpha value is -2.67. The van der Waals surface area contributed by atoms with Crippen molar-refractivity contribution in [1.82, 2.24) is 9.78 Å². The van der Waals surface area contributed by atoms with Crippen LogP contribution in [0.2, 0.25) is 5.15 Å². The number of rotatable bonds is 3. The summed E-state index contributed by atoms with van der Waals surface area (Å²) in [7, 11) is 1.44. The number of benzene rings is 2. The van der Waals surface area contributed by atoms with Crippen molar-refractivity contribution in [2.24, 2.45) is 7.05 Å².